The lowest BCUT2D eigenvalue weighted by atomic mass is 10.0. The van der Waals surface area contributed by atoms with Crippen molar-refractivity contribution in [1.29, 1.82) is 0 Å². The predicted molar refractivity (Wildman–Crippen MR) is 51.6 cm³/mol. The van der Waals surface area contributed by atoms with Crippen molar-refractivity contribution in [3.05, 3.63) is 18.0 Å². The first-order valence-electron chi connectivity index (χ1n) is 4.66. The van der Waals surface area contributed by atoms with Crippen LogP contribution in [0.4, 0.5) is 0 Å². The van der Waals surface area contributed by atoms with Crippen LogP contribution in [0.15, 0.2) is 12.3 Å². The molecular formula is C10H16N2O. The highest BCUT2D eigenvalue weighted by Gasteiger charge is 2.11. The van der Waals surface area contributed by atoms with Crippen molar-refractivity contribution < 1.29 is 4.79 Å². The molecule has 1 rings (SSSR count). The fraction of sp³-hybridized carbons (Fsp3) is 0.600. The molecule has 1 aromatic rings. The highest BCUT2D eigenvalue weighted by Crippen LogP contribution is 2.18. The number of Topliss-reactive ketones (excluding diaryl/α,β-unsaturated/α-hetero) is 1. The number of rotatable bonds is 4. The standard InChI is InChI=1S/C10H16N2O/c1-4-12-10(5-6-11-12)8(2)7-9(3)13/h5-6,8H,4,7H2,1-3H3. The van der Waals surface area contributed by atoms with Crippen molar-refractivity contribution in [2.75, 3.05) is 0 Å². The summed E-state index contributed by atoms with van der Waals surface area (Å²) in [4.78, 5) is 10.9. The Morgan fingerprint density at radius 1 is 1.69 bits per heavy atom. The number of carbonyl (C=O) groups is 1. The van der Waals surface area contributed by atoms with Gasteiger partial charge in [-0.1, -0.05) is 6.92 Å². The fourth-order valence-electron chi connectivity index (χ4n) is 1.56. The summed E-state index contributed by atoms with van der Waals surface area (Å²) in [5, 5.41) is 4.17. The van der Waals surface area contributed by atoms with E-state index in [2.05, 4.69) is 18.9 Å². The van der Waals surface area contributed by atoms with Gasteiger partial charge in [-0.3, -0.25) is 4.68 Å². The minimum atomic E-state index is 0.233. The van der Waals surface area contributed by atoms with E-state index in [1.54, 1.807) is 13.1 Å². The van der Waals surface area contributed by atoms with Crippen molar-refractivity contribution in [2.24, 2.45) is 0 Å². The van der Waals surface area contributed by atoms with Crippen molar-refractivity contribution in [1.82, 2.24) is 9.78 Å². The molecule has 72 valence electrons. The van der Waals surface area contributed by atoms with Gasteiger partial charge in [0.1, 0.15) is 5.78 Å². The third-order valence-corrected chi connectivity index (χ3v) is 2.15. The topological polar surface area (TPSA) is 34.9 Å². The Balaban J connectivity index is 2.75. The molecule has 0 bridgehead atoms. The number of hydrogen-bond acceptors (Lipinski definition) is 2. The first-order valence-corrected chi connectivity index (χ1v) is 4.66. The second-order valence-corrected chi connectivity index (χ2v) is 3.38. The zero-order valence-corrected chi connectivity index (χ0v) is 8.45. The number of nitrogens with zero attached hydrogens (tertiary/aromatic N) is 2. The molecule has 0 aliphatic carbocycles. The van der Waals surface area contributed by atoms with Gasteiger partial charge in [0.2, 0.25) is 0 Å². The monoisotopic (exact) mass is 180 g/mol. The van der Waals surface area contributed by atoms with Crippen LogP contribution in [0.1, 0.15) is 38.8 Å². The summed E-state index contributed by atoms with van der Waals surface area (Å²) in [5.74, 6) is 0.510. The van der Waals surface area contributed by atoms with Gasteiger partial charge in [-0.05, 0) is 19.9 Å². The predicted octanol–water partition coefficient (Wildman–Crippen LogP) is 1.99. The molecule has 1 atom stereocenters. The second-order valence-electron chi connectivity index (χ2n) is 3.38. The summed E-state index contributed by atoms with van der Waals surface area (Å²) in [6, 6.07) is 1.98. The van der Waals surface area contributed by atoms with Gasteiger partial charge in [0, 0.05) is 30.8 Å². The molecule has 1 unspecified atom stereocenters. The molecule has 0 fully saturated rings. The third-order valence-electron chi connectivity index (χ3n) is 2.15. The summed E-state index contributed by atoms with van der Waals surface area (Å²) in [5.41, 5.74) is 1.15. The van der Waals surface area contributed by atoms with Gasteiger partial charge in [-0.25, -0.2) is 0 Å². The van der Waals surface area contributed by atoms with Crippen LogP contribution < -0.4 is 0 Å². The highest BCUT2D eigenvalue weighted by molar-refractivity contribution is 5.76. The van der Waals surface area contributed by atoms with E-state index in [-0.39, 0.29) is 11.7 Å². The van der Waals surface area contributed by atoms with Crippen LogP contribution in [0.25, 0.3) is 0 Å². The van der Waals surface area contributed by atoms with E-state index in [1.165, 1.54) is 0 Å². The highest BCUT2D eigenvalue weighted by atomic mass is 16.1. The molecule has 0 aliphatic rings. The molecule has 0 aliphatic heterocycles. The van der Waals surface area contributed by atoms with E-state index < -0.39 is 0 Å². The molecule has 0 radical (unpaired) electrons. The van der Waals surface area contributed by atoms with E-state index in [0.717, 1.165) is 12.2 Å². The number of ketones is 1. The molecule has 3 heteroatoms. The van der Waals surface area contributed by atoms with Crippen LogP contribution in [0.5, 0.6) is 0 Å². The maximum absolute atomic E-state index is 10.9. The summed E-state index contributed by atoms with van der Waals surface area (Å²) < 4.78 is 1.94. The molecule has 0 amide bonds. The van der Waals surface area contributed by atoms with Crippen LogP contribution in [0.3, 0.4) is 0 Å². The smallest absolute Gasteiger partial charge is 0.130 e. The van der Waals surface area contributed by atoms with Crippen LogP contribution in [0, 0.1) is 0 Å². The van der Waals surface area contributed by atoms with Gasteiger partial charge >= 0.3 is 0 Å². The lowest BCUT2D eigenvalue weighted by Crippen LogP contribution is -2.08. The maximum Gasteiger partial charge on any atom is 0.130 e. The minimum Gasteiger partial charge on any atom is -0.300 e. The molecule has 1 heterocycles. The van der Waals surface area contributed by atoms with Gasteiger partial charge in [0.25, 0.3) is 0 Å². The Morgan fingerprint density at radius 3 is 2.92 bits per heavy atom. The molecule has 0 saturated carbocycles. The zero-order chi connectivity index (χ0) is 9.84. The van der Waals surface area contributed by atoms with Crippen molar-refractivity contribution in [3.8, 4) is 0 Å². The summed E-state index contributed by atoms with van der Waals surface area (Å²) in [6.07, 6.45) is 2.39. The molecule has 13 heavy (non-hydrogen) atoms. The van der Waals surface area contributed by atoms with Gasteiger partial charge in [-0.15, -0.1) is 0 Å². The Kier molecular flexibility index (Phi) is 3.23. The van der Waals surface area contributed by atoms with Gasteiger partial charge in [0.15, 0.2) is 0 Å². The summed E-state index contributed by atoms with van der Waals surface area (Å²) in [6.45, 7) is 6.61. The molecule has 0 saturated heterocycles. The van der Waals surface area contributed by atoms with Gasteiger partial charge in [-0.2, -0.15) is 5.10 Å². The summed E-state index contributed by atoms with van der Waals surface area (Å²) in [7, 11) is 0. The quantitative estimate of drug-likeness (QED) is 0.710. The third kappa shape index (κ3) is 2.41. The molecule has 1 aromatic heterocycles. The Bertz CT molecular complexity index is 291. The van der Waals surface area contributed by atoms with Crippen LogP contribution in [0.2, 0.25) is 0 Å². The Labute approximate surface area is 78.8 Å². The first-order chi connectivity index (χ1) is 6.15. The van der Waals surface area contributed by atoms with Crippen LogP contribution in [-0.4, -0.2) is 15.6 Å². The fourth-order valence-corrected chi connectivity index (χ4v) is 1.56. The molecule has 0 aromatic carbocycles. The lowest BCUT2D eigenvalue weighted by Gasteiger charge is -2.10. The molecular weight excluding hydrogens is 164 g/mol. The zero-order valence-electron chi connectivity index (χ0n) is 8.45. The van der Waals surface area contributed by atoms with Crippen molar-refractivity contribution in [3.63, 3.8) is 0 Å². The average molecular weight is 180 g/mol. The number of carbonyl (C=O) groups excluding carboxylic acids is 1. The number of hydrogen-bond donors (Lipinski definition) is 0. The van der Waals surface area contributed by atoms with Crippen molar-refractivity contribution >= 4 is 5.78 Å². The van der Waals surface area contributed by atoms with Crippen LogP contribution >= 0.6 is 0 Å². The normalized spacial score (nSPS) is 12.8. The number of aryl methyl sites for hydroxylation is 1. The van der Waals surface area contributed by atoms with Crippen molar-refractivity contribution in [2.45, 2.75) is 39.7 Å². The van der Waals surface area contributed by atoms with E-state index in [4.69, 9.17) is 0 Å². The largest absolute Gasteiger partial charge is 0.300 e. The molecule has 3 nitrogen and oxygen atoms in total. The van der Waals surface area contributed by atoms with E-state index in [0.29, 0.717) is 6.42 Å². The molecule has 0 spiro atoms. The lowest BCUT2D eigenvalue weighted by molar-refractivity contribution is -0.117. The number of aromatic nitrogens is 2. The van der Waals surface area contributed by atoms with Gasteiger partial charge < -0.3 is 4.79 Å². The van der Waals surface area contributed by atoms with Gasteiger partial charge in [0.05, 0.1) is 0 Å². The van der Waals surface area contributed by atoms with E-state index in [9.17, 15) is 4.79 Å². The Morgan fingerprint density at radius 2 is 2.38 bits per heavy atom. The SMILES string of the molecule is CCn1nccc1C(C)CC(C)=O. The molecule has 0 N–H and O–H groups in total. The minimum absolute atomic E-state index is 0.233. The van der Waals surface area contributed by atoms with Crippen LogP contribution in [-0.2, 0) is 11.3 Å². The van der Waals surface area contributed by atoms with E-state index >= 15 is 0 Å². The summed E-state index contributed by atoms with van der Waals surface area (Å²) >= 11 is 0. The van der Waals surface area contributed by atoms with E-state index in [1.807, 2.05) is 10.7 Å². The second kappa shape index (κ2) is 4.21. The first kappa shape index (κ1) is 9.96. The average Bonchev–Trinajstić information content (AvgIpc) is 2.49. The Hall–Kier alpha value is -1.12. The maximum atomic E-state index is 10.9.